The molecule has 0 heterocycles. The zero-order valence-corrected chi connectivity index (χ0v) is 7.15. The van der Waals surface area contributed by atoms with E-state index in [-0.39, 0.29) is 12.1 Å². The van der Waals surface area contributed by atoms with Crippen LogP contribution in [0, 0.1) is 21.4 Å². The molecule has 5 nitrogen and oxygen atoms in total. The smallest absolute Gasteiger partial charge is 0.243 e. The second-order valence-electron chi connectivity index (χ2n) is 3.18. The Morgan fingerprint density at radius 2 is 2.46 bits per heavy atom. The van der Waals surface area contributed by atoms with Crippen molar-refractivity contribution in [3.8, 4) is 6.07 Å². The Labute approximate surface area is 75.3 Å². The van der Waals surface area contributed by atoms with E-state index in [0.29, 0.717) is 5.57 Å². The average molecular weight is 179 g/mol. The minimum absolute atomic E-state index is 0.0966. The molecular formula is C8H9N3O2. The highest BCUT2D eigenvalue weighted by molar-refractivity contribution is 5.41. The van der Waals surface area contributed by atoms with E-state index in [2.05, 4.69) is 0 Å². The number of hydrogen-bond acceptors (Lipinski definition) is 4. The summed E-state index contributed by atoms with van der Waals surface area (Å²) in [6, 6.07) is 1.88. The Morgan fingerprint density at radius 1 is 1.85 bits per heavy atom. The molecule has 0 saturated heterocycles. The Balaban J connectivity index is 3.01. The third-order valence-electron chi connectivity index (χ3n) is 2.04. The SMILES string of the molecule is CC1([N+](=O)[O-])C=CC(C#N)=C(N)C1. The number of nitro groups is 1. The van der Waals surface area contributed by atoms with Crippen molar-refractivity contribution >= 4 is 0 Å². The van der Waals surface area contributed by atoms with E-state index < -0.39 is 10.5 Å². The van der Waals surface area contributed by atoms with Crippen LogP contribution < -0.4 is 5.73 Å². The van der Waals surface area contributed by atoms with E-state index in [4.69, 9.17) is 11.0 Å². The van der Waals surface area contributed by atoms with Crippen molar-refractivity contribution in [2.45, 2.75) is 18.9 Å². The molecule has 68 valence electrons. The number of nitrogens with zero attached hydrogens (tertiary/aromatic N) is 2. The second kappa shape index (κ2) is 2.90. The number of rotatable bonds is 1. The lowest BCUT2D eigenvalue weighted by Crippen LogP contribution is -2.36. The molecule has 0 bridgehead atoms. The summed E-state index contributed by atoms with van der Waals surface area (Å²) in [7, 11) is 0. The molecule has 0 amide bonds. The van der Waals surface area contributed by atoms with Crippen LogP contribution >= 0.6 is 0 Å². The Bertz CT molecular complexity index is 351. The van der Waals surface area contributed by atoms with E-state index in [1.54, 1.807) is 0 Å². The second-order valence-corrected chi connectivity index (χ2v) is 3.18. The van der Waals surface area contributed by atoms with Crippen LogP contribution in [0.3, 0.4) is 0 Å². The van der Waals surface area contributed by atoms with Gasteiger partial charge in [0.25, 0.3) is 0 Å². The number of allylic oxidation sites excluding steroid dienone is 2. The Hall–Kier alpha value is -1.83. The maximum absolute atomic E-state index is 10.6. The van der Waals surface area contributed by atoms with E-state index in [1.807, 2.05) is 6.07 Å². The Morgan fingerprint density at radius 3 is 2.85 bits per heavy atom. The van der Waals surface area contributed by atoms with Crippen LogP contribution in [0.2, 0.25) is 0 Å². The molecule has 0 aliphatic heterocycles. The highest BCUT2D eigenvalue weighted by Gasteiger charge is 2.37. The van der Waals surface area contributed by atoms with Crippen LogP contribution in [0.4, 0.5) is 0 Å². The lowest BCUT2D eigenvalue weighted by atomic mass is 9.89. The third kappa shape index (κ3) is 1.51. The van der Waals surface area contributed by atoms with Gasteiger partial charge in [-0.2, -0.15) is 5.26 Å². The first-order valence-electron chi connectivity index (χ1n) is 3.72. The number of nitrogens with two attached hydrogens (primary N) is 1. The van der Waals surface area contributed by atoms with Gasteiger partial charge in [-0.15, -0.1) is 0 Å². The van der Waals surface area contributed by atoms with Gasteiger partial charge in [0.2, 0.25) is 5.54 Å². The summed E-state index contributed by atoms with van der Waals surface area (Å²) in [5.74, 6) is 0. The van der Waals surface area contributed by atoms with Crippen LogP contribution in [0.1, 0.15) is 13.3 Å². The van der Waals surface area contributed by atoms with Crippen molar-refractivity contribution in [3.05, 3.63) is 33.5 Å². The lowest BCUT2D eigenvalue weighted by Gasteiger charge is -2.20. The first-order valence-corrected chi connectivity index (χ1v) is 3.72. The molecule has 0 fully saturated rings. The van der Waals surface area contributed by atoms with Crippen molar-refractivity contribution in [1.82, 2.24) is 0 Å². The first-order chi connectivity index (χ1) is 5.99. The highest BCUT2D eigenvalue weighted by Crippen LogP contribution is 2.26. The van der Waals surface area contributed by atoms with Gasteiger partial charge in [0.1, 0.15) is 6.07 Å². The molecule has 5 heteroatoms. The van der Waals surface area contributed by atoms with Gasteiger partial charge in [-0.1, -0.05) is 0 Å². The predicted molar refractivity (Wildman–Crippen MR) is 46.0 cm³/mol. The molecular weight excluding hydrogens is 170 g/mol. The fraction of sp³-hybridized carbons (Fsp3) is 0.375. The van der Waals surface area contributed by atoms with Crippen molar-refractivity contribution < 1.29 is 4.92 Å². The molecule has 2 N–H and O–H groups in total. The van der Waals surface area contributed by atoms with Crippen LogP contribution in [-0.2, 0) is 0 Å². The van der Waals surface area contributed by atoms with Gasteiger partial charge < -0.3 is 5.73 Å². The number of nitriles is 1. The van der Waals surface area contributed by atoms with Gasteiger partial charge >= 0.3 is 0 Å². The van der Waals surface area contributed by atoms with Crippen LogP contribution in [-0.4, -0.2) is 10.5 Å². The standard InChI is InChI=1S/C8H9N3O2/c1-8(11(12)13)3-2-6(5-9)7(10)4-8/h2-3H,4,10H2,1H3. The van der Waals surface area contributed by atoms with E-state index in [1.165, 1.54) is 19.1 Å². The molecule has 13 heavy (non-hydrogen) atoms. The van der Waals surface area contributed by atoms with Gasteiger partial charge in [-0.05, 0) is 12.2 Å². The van der Waals surface area contributed by atoms with Crippen LogP contribution in [0.5, 0.6) is 0 Å². The number of hydrogen-bond donors (Lipinski definition) is 1. The molecule has 1 unspecified atom stereocenters. The van der Waals surface area contributed by atoms with Crippen molar-refractivity contribution in [1.29, 1.82) is 5.26 Å². The molecule has 1 atom stereocenters. The molecule has 1 aliphatic carbocycles. The maximum Gasteiger partial charge on any atom is 0.243 e. The quantitative estimate of drug-likeness (QED) is 0.474. The fourth-order valence-corrected chi connectivity index (χ4v) is 1.14. The molecule has 1 aliphatic rings. The summed E-state index contributed by atoms with van der Waals surface area (Å²) in [6.07, 6.45) is 2.91. The fourth-order valence-electron chi connectivity index (χ4n) is 1.14. The first kappa shape index (κ1) is 9.26. The van der Waals surface area contributed by atoms with Gasteiger partial charge in [0, 0.05) is 17.5 Å². The zero-order valence-electron chi connectivity index (χ0n) is 7.15. The maximum atomic E-state index is 10.6. The zero-order chi connectivity index (χ0) is 10.1. The van der Waals surface area contributed by atoms with Crippen LogP contribution in [0.25, 0.3) is 0 Å². The van der Waals surface area contributed by atoms with E-state index >= 15 is 0 Å². The van der Waals surface area contributed by atoms with Gasteiger partial charge in [-0.25, -0.2) is 0 Å². The summed E-state index contributed by atoms with van der Waals surface area (Å²) in [5.41, 5.74) is 4.94. The largest absolute Gasteiger partial charge is 0.401 e. The molecule has 0 spiro atoms. The summed E-state index contributed by atoms with van der Waals surface area (Å²) in [6.45, 7) is 1.48. The highest BCUT2D eigenvalue weighted by atomic mass is 16.6. The monoisotopic (exact) mass is 179 g/mol. The lowest BCUT2D eigenvalue weighted by molar-refractivity contribution is -0.550. The summed E-state index contributed by atoms with van der Waals surface area (Å²) in [5, 5.41) is 19.2. The molecule has 1 rings (SSSR count). The van der Waals surface area contributed by atoms with E-state index in [0.717, 1.165) is 0 Å². The molecule has 0 radical (unpaired) electrons. The molecule has 0 saturated carbocycles. The van der Waals surface area contributed by atoms with Crippen molar-refractivity contribution in [2.75, 3.05) is 0 Å². The van der Waals surface area contributed by atoms with Crippen LogP contribution in [0.15, 0.2) is 23.4 Å². The molecule has 0 aromatic rings. The predicted octanol–water partition coefficient (Wildman–Crippen LogP) is 0.718. The van der Waals surface area contributed by atoms with Crippen molar-refractivity contribution in [2.24, 2.45) is 5.73 Å². The van der Waals surface area contributed by atoms with Gasteiger partial charge in [0.05, 0.1) is 12.0 Å². The molecule has 0 aromatic heterocycles. The average Bonchev–Trinajstić information content (AvgIpc) is 2.04. The minimum atomic E-state index is -1.16. The topological polar surface area (TPSA) is 93.0 Å². The van der Waals surface area contributed by atoms with E-state index in [9.17, 15) is 10.1 Å². The van der Waals surface area contributed by atoms with Crippen molar-refractivity contribution in [3.63, 3.8) is 0 Å². The normalized spacial score (nSPS) is 27.1. The van der Waals surface area contributed by atoms with Gasteiger partial charge in [0.15, 0.2) is 0 Å². The molecule has 0 aromatic carbocycles. The minimum Gasteiger partial charge on any atom is -0.401 e. The summed E-state index contributed by atoms with van der Waals surface area (Å²) >= 11 is 0. The Kier molecular flexibility index (Phi) is 2.07. The van der Waals surface area contributed by atoms with Gasteiger partial charge in [-0.3, -0.25) is 10.1 Å². The third-order valence-corrected chi connectivity index (χ3v) is 2.04. The summed E-state index contributed by atoms with van der Waals surface area (Å²) < 4.78 is 0. The summed E-state index contributed by atoms with van der Waals surface area (Å²) in [4.78, 5) is 10.2.